The molecule has 0 atom stereocenters. The number of anilines is 3. The number of halogens is 2. The van der Waals surface area contributed by atoms with Gasteiger partial charge in [0.05, 0.1) is 5.69 Å². The first-order chi connectivity index (χ1) is 12.4. The summed E-state index contributed by atoms with van der Waals surface area (Å²) in [6.45, 7) is 3.82. The number of benzene rings is 2. The van der Waals surface area contributed by atoms with Crippen LogP contribution in [0.25, 0.3) is 0 Å². The van der Waals surface area contributed by atoms with Crippen LogP contribution < -0.4 is 10.6 Å². The Balaban J connectivity index is 1.80. The van der Waals surface area contributed by atoms with Gasteiger partial charge in [0.1, 0.15) is 29.5 Å². The third kappa shape index (κ3) is 4.00. The summed E-state index contributed by atoms with van der Waals surface area (Å²) >= 11 is 0. The number of aromatic nitrogens is 2. The van der Waals surface area contributed by atoms with Crippen LogP contribution in [0.2, 0.25) is 0 Å². The largest absolute Gasteiger partial charge is 0.338 e. The Kier molecular flexibility index (Phi) is 4.88. The Hall–Kier alpha value is -3.35. The quantitative estimate of drug-likeness (QED) is 0.730. The van der Waals surface area contributed by atoms with Crippen molar-refractivity contribution in [3.05, 3.63) is 77.2 Å². The van der Waals surface area contributed by atoms with Crippen LogP contribution in [0.3, 0.4) is 0 Å². The van der Waals surface area contributed by atoms with E-state index in [9.17, 15) is 13.6 Å². The minimum atomic E-state index is -0.759. The minimum Gasteiger partial charge on any atom is -0.338 e. The number of hydrogen-bond acceptors (Lipinski definition) is 4. The molecule has 2 aromatic carbocycles. The lowest BCUT2D eigenvalue weighted by molar-refractivity contribution is 0.102. The molecule has 0 fully saturated rings. The van der Waals surface area contributed by atoms with Crippen molar-refractivity contribution in [3.8, 4) is 0 Å². The molecule has 2 N–H and O–H groups in total. The van der Waals surface area contributed by atoms with Gasteiger partial charge in [0, 0.05) is 17.8 Å². The number of hydrogen-bond donors (Lipinski definition) is 2. The zero-order valence-corrected chi connectivity index (χ0v) is 14.2. The summed E-state index contributed by atoms with van der Waals surface area (Å²) in [5.41, 5.74) is 2.79. The maximum Gasteiger partial charge on any atom is 0.274 e. The van der Waals surface area contributed by atoms with E-state index in [0.29, 0.717) is 5.69 Å². The molecule has 0 saturated carbocycles. The van der Waals surface area contributed by atoms with Crippen LogP contribution in [0.5, 0.6) is 0 Å². The molecule has 7 heteroatoms. The fraction of sp³-hybridized carbons (Fsp3) is 0.105. The molecule has 3 rings (SSSR count). The molecule has 1 amide bonds. The Morgan fingerprint density at radius 2 is 1.77 bits per heavy atom. The van der Waals surface area contributed by atoms with Crippen molar-refractivity contribution in [2.75, 3.05) is 10.6 Å². The highest BCUT2D eigenvalue weighted by atomic mass is 19.1. The molecular formula is C19H16F2N4O. The zero-order chi connectivity index (χ0) is 18.7. The molecule has 132 valence electrons. The van der Waals surface area contributed by atoms with Gasteiger partial charge in [-0.05, 0) is 43.2 Å². The predicted molar refractivity (Wildman–Crippen MR) is 95.5 cm³/mol. The zero-order valence-electron chi connectivity index (χ0n) is 14.2. The van der Waals surface area contributed by atoms with Gasteiger partial charge in [-0.15, -0.1) is 0 Å². The molecule has 26 heavy (non-hydrogen) atoms. The van der Waals surface area contributed by atoms with Crippen molar-refractivity contribution in [2.45, 2.75) is 13.8 Å². The van der Waals surface area contributed by atoms with Gasteiger partial charge in [-0.2, -0.15) is 0 Å². The molecule has 0 aliphatic rings. The Morgan fingerprint density at radius 1 is 0.962 bits per heavy atom. The summed E-state index contributed by atoms with van der Waals surface area (Å²) < 4.78 is 26.7. The third-order valence-electron chi connectivity index (χ3n) is 3.73. The van der Waals surface area contributed by atoms with Crippen LogP contribution in [0, 0.1) is 25.5 Å². The molecule has 0 unspecified atom stereocenters. The lowest BCUT2D eigenvalue weighted by Crippen LogP contribution is -2.15. The number of carbonyl (C=O) groups is 1. The predicted octanol–water partition coefficient (Wildman–Crippen LogP) is 4.37. The number of carbonyl (C=O) groups excluding carboxylic acids is 1. The van der Waals surface area contributed by atoms with Crippen molar-refractivity contribution in [1.82, 2.24) is 9.97 Å². The lowest BCUT2D eigenvalue weighted by Gasteiger charge is -2.10. The minimum absolute atomic E-state index is 0.0472. The first-order valence-electron chi connectivity index (χ1n) is 7.85. The van der Waals surface area contributed by atoms with Crippen molar-refractivity contribution >= 4 is 23.1 Å². The molecule has 3 aromatic rings. The van der Waals surface area contributed by atoms with Crippen LogP contribution >= 0.6 is 0 Å². The summed E-state index contributed by atoms with van der Waals surface area (Å²) in [4.78, 5) is 20.3. The normalized spacial score (nSPS) is 10.5. The first kappa shape index (κ1) is 17.5. The van der Waals surface area contributed by atoms with Crippen LogP contribution in [0.15, 0.2) is 48.8 Å². The maximum atomic E-state index is 13.7. The molecule has 5 nitrogen and oxygen atoms in total. The van der Waals surface area contributed by atoms with E-state index in [0.717, 1.165) is 23.3 Å². The van der Waals surface area contributed by atoms with Gasteiger partial charge in [-0.25, -0.2) is 18.7 Å². The fourth-order valence-electron chi connectivity index (χ4n) is 2.34. The number of rotatable bonds is 4. The monoisotopic (exact) mass is 354 g/mol. The molecule has 0 bridgehead atoms. The number of amides is 1. The highest BCUT2D eigenvalue weighted by Gasteiger charge is 2.12. The van der Waals surface area contributed by atoms with E-state index in [2.05, 4.69) is 20.6 Å². The van der Waals surface area contributed by atoms with Crippen LogP contribution in [0.1, 0.15) is 21.6 Å². The molecule has 1 aromatic heterocycles. The molecule has 0 aliphatic carbocycles. The molecule has 1 heterocycles. The highest BCUT2D eigenvalue weighted by Crippen LogP contribution is 2.20. The van der Waals surface area contributed by atoms with Crippen LogP contribution in [0.4, 0.5) is 26.0 Å². The van der Waals surface area contributed by atoms with E-state index >= 15 is 0 Å². The Labute approximate surface area is 149 Å². The molecule has 0 spiro atoms. The van der Waals surface area contributed by atoms with Gasteiger partial charge in [0.15, 0.2) is 0 Å². The van der Waals surface area contributed by atoms with Gasteiger partial charge in [-0.3, -0.25) is 4.79 Å². The summed E-state index contributed by atoms with van der Waals surface area (Å²) in [6.07, 6.45) is 1.20. The van der Waals surface area contributed by atoms with Crippen LogP contribution in [-0.2, 0) is 0 Å². The Bertz CT molecular complexity index is 976. The standard InChI is InChI=1S/C19H16F2N4O/c1-11-3-4-12(2)16(7-11)25-19(26)17-9-18(23-10-22-17)24-15-6-5-13(20)8-14(15)21/h3-10H,1-2H3,(H,25,26)(H,22,23,24). The molecule has 0 aliphatic heterocycles. The van der Waals surface area contributed by atoms with E-state index in [1.165, 1.54) is 18.5 Å². The van der Waals surface area contributed by atoms with Gasteiger partial charge < -0.3 is 10.6 Å². The van der Waals surface area contributed by atoms with E-state index < -0.39 is 17.5 Å². The van der Waals surface area contributed by atoms with Crippen molar-refractivity contribution in [2.24, 2.45) is 0 Å². The van der Waals surface area contributed by atoms with E-state index in [1.807, 2.05) is 32.0 Å². The van der Waals surface area contributed by atoms with E-state index in [1.54, 1.807) is 0 Å². The summed E-state index contributed by atoms with van der Waals surface area (Å²) in [5, 5.41) is 5.50. The third-order valence-corrected chi connectivity index (χ3v) is 3.73. The van der Waals surface area contributed by atoms with Crippen molar-refractivity contribution in [1.29, 1.82) is 0 Å². The highest BCUT2D eigenvalue weighted by molar-refractivity contribution is 6.03. The molecule has 0 radical (unpaired) electrons. The summed E-state index contributed by atoms with van der Waals surface area (Å²) in [7, 11) is 0. The second-order valence-electron chi connectivity index (χ2n) is 5.81. The van der Waals surface area contributed by atoms with Gasteiger partial charge >= 0.3 is 0 Å². The second kappa shape index (κ2) is 7.26. The first-order valence-corrected chi connectivity index (χ1v) is 7.85. The summed E-state index contributed by atoms with van der Waals surface area (Å²) in [5.74, 6) is -1.63. The number of nitrogens with zero attached hydrogens (tertiary/aromatic N) is 2. The topological polar surface area (TPSA) is 66.9 Å². The maximum absolute atomic E-state index is 13.7. The number of aryl methyl sites for hydroxylation is 2. The van der Waals surface area contributed by atoms with Gasteiger partial charge in [0.25, 0.3) is 5.91 Å². The van der Waals surface area contributed by atoms with Crippen LogP contribution in [-0.4, -0.2) is 15.9 Å². The number of nitrogens with one attached hydrogen (secondary N) is 2. The SMILES string of the molecule is Cc1ccc(C)c(NC(=O)c2cc(Nc3ccc(F)cc3F)ncn2)c1. The van der Waals surface area contributed by atoms with Crippen molar-refractivity contribution < 1.29 is 13.6 Å². The van der Waals surface area contributed by atoms with Gasteiger partial charge in [0.2, 0.25) is 0 Å². The smallest absolute Gasteiger partial charge is 0.274 e. The average Bonchev–Trinajstić information content (AvgIpc) is 2.61. The Morgan fingerprint density at radius 3 is 2.54 bits per heavy atom. The average molecular weight is 354 g/mol. The van der Waals surface area contributed by atoms with Gasteiger partial charge in [-0.1, -0.05) is 12.1 Å². The lowest BCUT2D eigenvalue weighted by atomic mass is 10.1. The second-order valence-corrected chi connectivity index (χ2v) is 5.81. The van der Waals surface area contributed by atoms with Crippen molar-refractivity contribution in [3.63, 3.8) is 0 Å². The molecular weight excluding hydrogens is 338 g/mol. The van der Waals surface area contributed by atoms with E-state index in [-0.39, 0.29) is 17.2 Å². The fourth-order valence-corrected chi connectivity index (χ4v) is 2.34. The van der Waals surface area contributed by atoms with E-state index in [4.69, 9.17) is 0 Å². The summed E-state index contributed by atoms with van der Waals surface area (Å²) in [6, 6.07) is 10.3. The molecule has 0 saturated heterocycles.